The third kappa shape index (κ3) is 1.97. The number of primary amides is 1. The van der Waals surface area contributed by atoms with E-state index in [1.807, 2.05) is 0 Å². The summed E-state index contributed by atoms with van der Waals surface area (Å²) in [5, 5.41) is 6.94. The highest BCUT2D eigenvalue weighted by Crippen LogP contribution is 2.17. The molecule has 2 aromatic rings. The van der Waals surface area contributed by atoms with E-state index in [4.69, 9.17) is 17.3 Å². The summed E-state index contributed by atoms with van der Waals surface area (Å²) in [6.45, 7) is 0. The first-order chi connectivity index (χ1) is 7.16. The Morgan fingerprint density at radius 1 is 1.33 bits per heavy atom. The van der Waals surface area contributed by atoms with Crippen LogP contribution in [0.25, 0.3) is 11.4 Å². The molecule has 5 nitrogen and oxygen atoms in total. The van der Waals surface area contributed by atoms with Gasteiger partial charge in [0.25, 0.3) is 5.91 Å². The third-order valence-electron chi connectivity index (χ3n) is 1.82. The second-order valence-electron chi connectivity index (χ2n) is 2.88. The van der Waals surface area contributed by atoms with E-state index < -0.39 is 5.91 Å². The van der Waals surface area contributed by atoms with Crippen molar-refractivity contribution in [3.05, 3.63) is 35.1 Å². The van der Waals surface area contributed by atoms with Gasteiger partial charge in [0, 0.05) is 10.6 Å². The molecule has 0 aliphatic heterocycles. The predicted molar refractivity (Wildman–Crippen MR) is 55.3 cm³/mol. The molecule has 0 aliphatic carbocycles. The lowest BCUT2D eigenvalue weighted by Crippen LogP contribution is -2.12. The normalized spacial score (nSPS) is 10.2. The molecule has 0 bridgehead atoms. The number of nitrogens with two attached hydrogens (primary N) is 1. The van der Waals surface area contributed by atoms with Crippen LogP contribution in [0.15, 0.2) is 24.3 Å². The molecule has 0 unspecified atom stereocenters. The van der Waals surface area contributed by atoms with Crippen LogP contribution in [0, 0.1) is 0 Å². The number of halogens is 1. The van der Waals surface area contributed by atoms with E-state index in [0.717, 1.165) is 5.56 Å². The van der Waals surface area contributed by atoms with Gasteiger partial charge in [0.15, 0.2) is 5.82 Å². The minimum absolute atomic E-state index is 0.0416. The molecule has 15 heavy (non-hydrogen) atoms. The Labute approximate surface area is 90.3 Å². The fraction of sp³-hybridized carbons (Fsp3) is 0. The maximum Gasteiger partial charge on any atom is 0.286 e. The van der Waals surface area contributed by atoms with Gasteiger partial charge in [-0.3, -0.25) is 9.89 Å². The smallest absolute Gasteiger partial charge is 0.286 e. The monoisotopic (exact) mass is 222 g/mol. The standard InChI is InChI=1S/C9H7ClN4O/c10-6-3-1-5(2-4-6)8-12-9(7(11)15)14-13-8/h1-4H,(H2,11,15)(H,12,13,14). The molecule has 2 rings (SSSR count). The SMILES string of the molecule is NC(=O)c1nc(-c2ccc(Cl)cc2)n[nH]1. The number of H-pyrrole nitrogens is 1. The number of nitrogens with zero attached hydrogens (tertiary/aromatic N) is 2. The number of hydrogen-bond donors (Lipinski definition) is 2. The van der Waals surface area contributed by atoms with E-state index in [1.54, 1.807) is 24.3 Å². The van der Waals surface area contributed by atoms with Crippen molar-refractivity contribution < 1.29 is 4.79 Å². The van der Waals surface area contributed by atoms with Crippen LogP contribution in [0.1, 0.15) is 10.6 Å². The van der Waals surface area contributed by atoms with E-state index >= 15 is 0 Å². The fourth-order valence-electron chi connectivity index (χ4n) is 1.10. The molecule has 1 amide bonds. The number of nitrogens with one attached hydrogen (secondary N) is 1. The molecule has 1 aromatic carbocycles. The van der Waals surface area contributed by atoms with Crippen LogP contribution in [-0.4, -0.2) is 21.1 Å². The van der Waals surface area contributed by atoms with Crippen molar-refractivity contribution in [1.82, 2.24) is 15.2 Å². The number of carbonyl (C=O) groups is 1. The lowest BCUT2D eigenvalue weighted by molar-refractivity contribution is 0.0991. The summed E-state index contributed by atoms with van der Waals surface area (Å²) < 4.78 is 0. The Kier molecular flexibility index (Phi) is 2.39. The first-order valence-corrected chi connectivity index (χ1v) is 4.53. The number of benzene rings is 1. The molecule has 0 aliphatic rings. The number of aromatic amines is 1. The van der Waals surface area contributed by atoms with Gasteiger partial charge in [0.1, 0.15) is 0 Å². The van der Waals surface area contributed by atoms with E-state index in [-0.39, 0.29) is 5.82 Å². The Bertz CT molecular complexity index is 491. The molecule has 3 N–H and O–H groups in total. The summed E-state index contributed by atoms with van der Waals surface area (Å²) in [6, 6.07) is 6.96. The summed E-state index contributed by atoms with van der Waals surface area (Å²) >= 11 is 5.73. The zero-order valence-corrected chi connectivity index (χ0v) is 8.32. The number of aromatic nitrogens is 3. The zero-order chi connectivity index (χ0) is 10.8. The highest BCUT2D eigenvalue weighted by molar-refractivity contribution is 6.30. The molecule has 6 heteroatoms. The van der Waals surface area contributed by atoms with Crippen molar-refractivity contribution in [1.29, 1.82) is 0 Å². The van der Waals surface area contributed by atoms with Gasteiger partial charge in [-0.2, -0.15) is 5.10 Å². The molecule has 0 atom stereocenters. The molecule has 0 spiro atoms. The van der Waals surface area contributed by atoms with Crippen molar-refractivity contribution in [2.75, 3.05) is 0 Å². The van der Waals surface area contributed by atoms with Gasteiger partial charge in [-0.15, -0.1) is 0 Å². The molecule has 1 heterocycles. The second-order valence-corrected chi connectivity index (χ2v) is 3.32. The largest absolute Gasteiger partial charge is 0.363 e. The molecular weight excluding hydrogens is 216 g/mol. The molecule has 0 saturated heterocycles. The van der Waals surface area contributed by atoms with Gasteiger partial charge in [0.05, 0.1) is 0 Å². The lowest BCUT2D eigenvalue weighted by atomic mass is 10.2. The Morgan fingerprint density at radius 2 is 2.00 bits per heavy atom. The van der Waals surface area contributed by atoms with Gasteiger partial charge < -0.3 is 5.73 Å². The Hall–Kier alpha value is -1.88. The van der Waals surface area contributed by atoms with Gasteiger partial charge in [-0.1, -0.05) is 11.6 Å². The van der Waals surface area contributed by atoms with E-state index in [1.165, 1.54) is 0 Å². The van der Waals surface area contributed by atoms with E-state index in [9.17, 15) is 4.79 Å². The van der Waals surface area contributed by atoms with E-state index in [2.05, 4.69) is 15.2 Å². The van der Waals surface area contributed by atoms with Crippen molar-refractivity contribution in [3.63, 3.8) is 0 Å². The summed E-state index contributed by atoms with van der Waals surface area (Å²) in [4.78, 5) is 14.7. The average Bonchev–Trinajstić information content (AvgIpc) is 2.68. The molecule has 0 fully saturated rings. The van der Waals surface area contributed by atoms with Crippen LogP contribution in [0.3, 0.4) is 0 Å². The predicted octanol–water partition coefficient (Wildman–Crippen LogP) is 1.22. The Balaban J connectivity index is 2.37. The number of amides is 1. The molecule has 0 radical (unpaired) electrons. The van der Waals surface area contributed by atoms with Crippen LogP contribution >= 0.6 is 11.6 Å². The summed E-state index contributed by atoms with van der Waals surface area (Å²) in [5.74, 6) is -0.178. The van der Waals surface area contributed by atoms with Crippen LogP contribution < -0.4 is 5.73 Å². The van der Waals surface area contributed by atoms with Gasteiger partial charge in [-0.25, -0.2) is 4.98 Å². The van der Waals surface area contributed by atoms with Crippen molar-refractivity contribution in [3.8, 4) is 11.4 Å². The number of rotatable bonds is 2. The minimum Gasteiger partial charge on any atom is -0.363 e. The van der Waals surface area contributed by atoms with Gasteiger partial charge in [0.2, 0.25) is 5.82 Å². The summed E-state index contributed by atoms with van der Waals surface area (Å²) in [5.41, 5.74) is 5.80. The molecular formula is C9H7ClN4O. The summed E-state index contributed by atoms with van der Waals surface area (Å²) in [6.07, 6.45) is 0. The van der Waals surface area contributed by atoms with Gasteiger partial charge in [-0.05, 0) is 24.3 Å². The molecule has 1 aromatic heterocycles. The van der Waals surface area contributed by atoms with Crippen LogP contribution in [0.2, 0.25) is 5.02 Å². The highest BCUT2D eigenvalue weighted by atomic mass is 35.5. The number of hydrogen-bond acceptors (Lipinski definition) is 3. The first-order valence-electron chi connectivity index (χ1n) is 4.15. The average molecular weight is 223 g/mol. The second kappa shape index (κ2) is 3.70. The van der Waals surface area contributed by atoms with Crippen molar-refractivity contribution >= 4 is 17.5 Å². The van der Waals surface area contributed by atoms with Crippen LogP contribution in [0.5, 0.6) is 0 Å². The third-order valence-corrected chi connectivity index (χ3v) is 2.07. The fourth-order valence-corrected chi connectivity index (χ4v) is 1.23. The minimum atomic E-state index is -0.636. The first kappa shape index (κ1) is 9.67. The lowest BCUT2D eigenvalue weighted by Gasteiger charge is -1.93. The van der Waals surface area contributed by atoms with Crippen molar-refractivity contribution in [2.24, 2.45) is 5.73 Å². The maximum absolute atomic E-state index is 10.8. The zero-order valence-electron chi connectivity index (χ0n) is 7.57. The summed E-state index contributed by atoms with van der Waals surface area (Å²) in [7, 11) is 0. The van der Waals surface area contributed by atoms with E-state index in [0.29, 0.717) is 10.8 Å². The molecule has 76 valence electrons. The number of carbonyl (C=O) groups excluding carboxylic acids is 1. The molecule has 0 saturated carbocycles. The quantitative estimate of drug-likeness (QED) is 0.801. The van der Waals surface area contributed by atoms with Crippen LogP contribution in [-0.2, 0) is 0 Å². The van der Waals surface area contributed by atoms with Crippen molar-refractivity contribution in [2.45, 2.75) is 0 Å². The maximum atomic E-state index is 10.8. The van der Waals surface area contributed by atoms with Crippen LogP contribution in [0.4, 0.5) is 0 Å². The topological polar surface area (TPSA) is 84.7 Å². The highest BCUT2D eigenvalue weighted by Gasteiger charge is 2.08. The van der Waals surface area contributed by atoms with Gasteiger partial charge >= 0.3 is 0 Å². The Morgan fingerprint density at radius 3 is 2.53 bits per heavy atom.